The Morgan fingerprint density at radius 2 is 1.71 bits per heavy atom. The number of rotatable bonds is 12. The van der Waals surface area contributed by atoms with Crippen molar-refractivity contribution >= 4 is 34.9 Å². The largest absolute Gasteiger partial charge is 0.457 e. The van der Waals surface area contributed by atoms with E-state index in [2.05, 4.69) is 10.6 Å². The number of alkyl halides is 2. The van der Waals surface area contributed by atoms with Crippen LogP contribution in [0.4, 0.5) is 8.78 Å². The molecule has 1 saturated heterocycles. The maximum atomic E-state index is 13.7. The molecule has 5 rings (SSSR count). The summed E-state index contributed by atoms with van der Waals surface area (Å²) in [5.41, 5.74) is 6.51. The lowest BCUT2D eigenvalue weighted by Crippen LogP contribution is -2.50. The maximum absolute atomic E-state index is 13.7. The molecule has 2 fully saturated rings. The second-order valence-electron chi connectivity index (χ2n) is 11.1. The summed E-state index contributed by atoms with van der Waals surface area (Å²) in [5, 5.41) is 15.1. The zero-order chi connectivity index (χ0) is 31.9. The number of nitrogen functional groups attached to an aromatic ring is 1. The molecule has 5 N–H and O–H groups in total. The minimum absolute atomic E-state index is 0.0768. The van der Waals surface area contributed by atoms with Gasteiger partial charge >= 0.3 is 6.61 Å². The van der Waals surface area contributed by atoms with Crippen molar-refractivity contribution < 1.29 is 32.6 Å². The van der Waals surface area contributed by atoms with E-state index >= 15 is 0 Å². The lowest BCUT2D eigenvalue weighted by Gasteiger charge is -2.29. The molecule has 0 bridgehead atoms. The van der Waals surface area contributed by atoms with Gasteiger partial charge in [-0.1, -0.05) is 31.0 Å². The van der Waals surface area contributed by atoms with Gasteiger partial charge in [0.1, 0.15) is 23.4 Å². The third-order valence-corrected chi connectivity index (χ3v) is 9.10. The molecule has 1 aliphatic carbocycles. The lowest BCUT2D eigenvalue weighted by molar-refractivity contribution is -0.160. The Balaban J connectivity index is 1.24. The van der Waals surface area contributed by atoms with Crippen molar-refractivity contribution in [2.24, 2.45) is 11.7 Å². The van der Waals surface area contributed by atoms with Crippen molar-refractivity contribution in [1.82, 2.24) is 15.5 Å². The van der Waals surface area contributed by atoms with Gasteiger partial charge in [0.2, 0.25) is 11.8 Å². The molecule has 1 aliphatic heterocycles. The Hall–Kier alpha value is -4.36. The molecule has 13 heteroatoms. The number of thiophene rings is 1. The van der Waals surface area contributed by atoms with Gasteiger partial charge in [0.15, 0.2) is 0 Å². The first-order chi connectivity index (χ1) is 21.7. The molecular formula is C32H35F2N5O5S. The zero-order valence-corrected chi connectivity index (χ0v) is 25.2. The molecule has 3 amide bonds. The third kappa shape index (κ3) is 8.22. The average molecular weight is 640 g/mol. The molecule has 10 nitrogen and oxygen atoms in total. The molecule has 2 aliphatic rings. The fraction of sp³-hybridized carbons (Fsp3) is 0.375. The van der Waals surface area contributed by atoms with Crippen LogP contribution in [0.2, 0.25) is 0 Å². The van der Waals surface area contributed by atoms with Gasteiger partial charge in [-0.15, -0.1) is 11.3 Å². The number of halogens is 2. The van der Waals surface area contributed by atoms with E-state index in [9.17, 15) is 23.2 Å². The van der Waals surface area contributed by atoms with Crippen LogP contribution in [-0.2, 0) is 14.3 Å². The minimum atomic E-state index is -3.07. The Morgan fingerprint density at radius 1 is 1.02 bits per heavy atom. The number of amidine groups is 1. The van der Waals surface area contributed by atoms with Crippen molar-refractivity contribution in [3.63, 3.8) is 0 Å². The summed E-state index contributed by atoms with van der Waals surface area (Å²) in [5.74, 6) is -0.360. The fourth-order valence-corrected chi connectivity index (χ4v) is 6.89. The molecule has 3 atom stereocenters. The van der Waals surface area contributed by atoms with Gasteiger partial charge in [0.25, 0.3) is 5.91 Å². The van der Waals surface area contributed by atoms with E-state index in [1.54, 1.807) is 47.8 Å². The van der Waals surface area contributed by atoms with Crippen LogP contribution in [-0.4, -0.2) is 60.3 Å². The Kier molecular flexibility index (Phi) is 10.4. The molecule has 238 valence electrons. The van der Waals surface area contributed by atoms with E-state index in [-0.39, 0.29) is 36.3 Å². The predicted molar refractivity (Wildman–Crippen MR) is 164 cm³/mol. The van der Waals surface area contributed by atoms with Crippen molar-refractivity contribution in [1.29, 1.82) is 5.41 Å². The summed E-state index contributed by atoms with van der Waals surface area (Å²) in [6.45, 7) is -3.72. The van der Waals surface area contributed by atoms with Crippen LogP contribution in [0.25, 0.3) is 0 Å². The highest BCUT2D eigenvalue weighted by atomic mass is 32.1. The van der Waals surface area contributed by atoms with E-state index in [0.29, 0.717) is 17.1 Å². The number of nitrogens with one attached hydrogen (secondary N) is 3. The average Bonchev–Trinajstić information content (AvgIpc) is 3.81. The number of carbonyl (C=O) groups excluding carboxylic acids is 3. The third-order valence-electron chi connectivity index (χ3n) is 8.08. The highest BCUT2D eigenvalue weighted by Gasteiger charge is 2.42. The maximum Gasteiger partial charge on any atom is 0.345 e. The van der Waals surface area contributed by atoms with Crippen LogP contribution in [0.1, 0.15) is 58.9 Å². The fourth-order valence-electron chi connectivity index (χ4n) is 5.84. The highest BCUT2D eigenvalue weighted by molar-refractivity contribution is 7.10. The summed E-state index contributed by atoms with van der Waals surface area (Å²) in [4.78, 5) is 41.8. The number of amides is 3. The van der Waals surface area contributed by atoms with Crippen molar-refractivity contribution in [3.05, 3.63) is 82.0 Å². The number of likely N-dealkylation sites (tertiary alicyclic amines) is 1. The lowest BCUT2D eigenvalue weighted by atomic mass is 9.95. The van der Waals surface area contributed by atoms with Gasteiger partial charge in [-0.05, 0) is 61.2 Å². The van der Waals surface area contributed by atoms with Crippen LogP contribution in [0.15, 0.2) is 66.0 Å². The van der Waals surface area contributed by atoms with E-state index in [1.165, 1.54) is 16.2 Å². The number of carbonyl (C=O) groups is 3. The summed E-state index contributed by atoms with van der Waals surface area (Å²) in [6.07, 6.45) is 2.67. The van der Waals surface area contributed by atoms with E-state index < -0.39 is 43.0 Å². The Labute approximate surface area is 263 Å². The minimum Gasteiger partial charge on any atom is -0.457 e. The van der Waals surface area contributed by atoms with Gasteiger partial charge in [-0.3, -0.25) is 19.8 Å². The monoisotopic (exact) mass is 639 g/mol. The van der Waals surface area contributed by atoms with Crippen LogP contribution < -0.4 is 21.1 Å². The van der Waals surface area contributed by atoms with Gasteiger partial charge in [0.05, 0.1) is 18.7 Å². The smallest absolute Gasteiger partial charge is 0.345 e. The molecule has 1 aromatic heterocycles. The van der Waals surface area contributed by atoms with Crippen molar-refractivity contribution in [3.8, 4) is 11.5 Å². The molecule has 1 saturated carbocycles. The van der Waals surface area contributed by atoms with Gasteiger partial charge < -0.3 is 30.7 Å². The van der Waals surface area contributed by atoms with Crippen LogP contribution in [0, 0.1) is 11.3 Å². The normalized spacial score (nSPS) is 19.0. The van der Waals surface area contributed by atoms with E-state index in [0.717, 1.165) is 30.6 Å². The predicted octanol–water partition coefficient (Wildman–Crippen LogP) is 4.81. The summed E-state index contributed by atoms with van der Waals surface area (Å²) < 4.78 is 36.7. The summed E-state index contributed by atoms with van der Waals surface area (Å²) in [6, 6.07) is 15.9. The number of ether oxygens (including phenoxy) is 2. The Morgan fingerprint density at radius 3 is 2.36 bits per heavy atom. The van der Waals surface area contributed by atoms with Gasteiger partial charge in [-0.25, -0.2) is 0 Å². The van der Waals surface area contributed by atoms with Crippen LogP contribution in [0.5, 0.6) is 11.5 Å². The highest BCUT2D eigenvalue weighted by Crippen LogP contribution is 2.38. The van der Waals surface area contributed by atoms with Crippen molar-refractivity contribution in [2.75, 3.05) is 13.1 Å². The number of hydrogen-bond donors (Lipinski definition) is 4. The first-order valence-corrected chi connectivity index (χ1v) is 15.6. The number of hydrogen-bond acceptors (Lipinski definition) is 7. The van der Waals surface area contributed by atoms with E-state index in [4.69, 9.17) is 20.6 Å². The molecule has 45 heavy (non-hydrogen) atoms. The van der Waals surface area contributed by atoms with Gasteiger partial charge in [-0.2, -0.15) is 8.78 Å². The van der Waals surface area contributed by atoms with Crippen LogP contribution in [0.3, 0.4) is 0 Å². The summed E-state index contributed by atoms with van der Waals surface area (Å²) >= 11 is 1.39. The molecular weight excluding hydrogens is 604 g/mol. The van der Waals surface area contributed by atoms with Gasteiger partial charge in [0, 0.05) is 34.3 Å². The first kappa shape index (κ1) is 32.0. The quantitative estimate of drug-likeness (QED) is 0.165. The number of nitrogens with zero attached hydrogens (tertiary/aromatic N) is 1. The zero-order valence-electron chi connectivity index (χ0n) is 24.4. The molecule has 0 radical (unpaired) electrons. The molecule has 2 aromatic carbocycles. The second-order valence-corrected chi connectivity index (χ2v) is 12.1. The Bertz CT molecular complexity index is 1500. The van der Waals surface area contributed by atoms with E-state index in [1.807, 2.05) is 18.2 Å². The van der Waals surface area contributed by atoms with Crippen LogP contribution >= 0.6 is 11.3 Å². The molecule has 3 aromatic rings. The topological polar surface area (TPSA) is 147 Å². The molecule has 0 spiro atoms. The second kappa shape index (κ2) is 14.6. The molecule has 2 heterocycles. The SMILES string of the molecule is N=C(N)c1csc(C(NC(=O)[C@@H]2C[C@@H](OC(F)F)CN2C(=O)CNC(=O)c2ccc(Oc3ccccc3)cc2)C2CCCC2)c1. The number of benzene rings is 2. The summed E-state index contributed by atoms with van der Waals surface area (Å²) in [7, 11) is 0. The first-order valence-electron chi connectivity index (χ1n) is 14.8. The number of nitrogens with two attached hydrogens (primary N) is 1. The van der Waals surface area contributed by atoms with Crippen molar-refractivity contribution in [2.45, 2.75) is 56.9 Å². The number of para-hydroxylation sites is 1. The molecule has 1 unspecified atom stereocenters. The standard InChI is InChI=1S/C32H35F2N5O5S/c33-32(34)44-24-15-25(31(42)38-28(19-6-4-5-7-19)26-14-21(18-45-26)29(35)36)39(17-24)27(40)16-37-30(41)20-10-12-23(13-11-20)43-22-8-2-1-3-9-22/h1-3,8-14,18-19,24-25,28,32H,4-7,15-17H2,(H3,35,36)(H,37,41)(H,38,42)/t24-,25+,28?/m1/s1.